The lowest BCUT2D eigenvalue weighted by Crippen LogP contribution is -2.22. The second-order valence-corrected chi connectivity index (χ2v) is 7.60. The van der Waals surface area contributed by atoms with Gasteiger partial charge in [-0.15, -0.1) is 11.8 Å². The molecule has 0 bridgehead atoms. The minimum atomic E-state index is 0.472. The summed E-state index contributed by atoms with van der Waals surface area (Å²) in [5, 5.41) is 6.07. The van der Waals surface area contributed by atoms with Crippen molar-refractivity contribution < 1.29 is 0 Å². The van der Waals surface area contributed by atoms with Crippen LogP contribution in [0.15, 0.2) is 0 Å². The van der Waals surface area contributed by atoms with Crippen molar-refractivity contribution in [2.24, 2.45) is 0 Å². The Kier molecular flexibility index (Phi) is 4.38. The lowest BCUT2D eigenvalue weighted by atomic mass is 10.3. The third-order valence-electron chi connectivity index (χ3n) is 2.61. The van der Waals surface area contributed by atoms with Gasteiger partial charge < -0.3 is 5.32 Å². The number of hydrogen-bond acceptors (Lipinski definition) is 6. The predicted molar refractivity (Wildman–Crippen MR) is 75.8 cm³/mol. The molecule has 1 aromatic heterocycles. The van der Waals surface area contributed by atoms with Crippen molar-refractivity contribution in [2.75, 3.05) is 17.6 Å². The lowest BCUT2D eigenvalue weighted by molar-refractivity contribution is 0.874. The van der Waals surface area contributed by atoms with Crippen molar-refractivity contribution in [1.82, 2.24) is 9.36 Å². The van der Waals surface area contributed by atoms with Crippen LogP contribution in [0.2, 0.25) is 0 Å². The van der Waals surface area contributed by atoms with E-state index >= 15 is 0 Å². The second kappa shape index (κ2) is 5.60. The van der Waals surface area contributed by atoms with Gasteiger partial charge in [-0.25, -0.2) is 4.98 Å². The number of hydrogen-bond donors (Lipinski definition) is 1. The Bertz CT molecular complexity index is 342. The molecule has 6 heteroatoms. The number of anilines is 1. The maximum atomic E-state index is 4.55. The zero-order chi connectivity index (χ0) is 11.5. The molecule has 1 saturated heterocycles. The van der Waals surface area contributed by atoms with Gasteiger partial charge in [0, 0.05) is 34.3 Å². The second-order valence-electron chi connectivity index (χ2n) is 3.86. The fourth-order valence-electron chi connectivity index (χ4n) is 1.51. The normalized spacial score (nSPS) is 30.3. The SMILES string of the molecule is CCNc1nc(C2CSC(C)C(C)S2)ns1. The highest BCUT2D eigenvalue weighted by atomic mass is 32.2. The zero-order valence-electron chi connectivity index (χ0n) is 9.77. The fraction of sp³-hybridized carbons (Fsp3) is 0.800. The Morgan fingerprint density at radius 2 is 2.19 bits per heavy atom. The van der Waals surface area contributed by atoms with Crippen LogP contribution < -0.4 is 5.32 Å². The van der Waals surface area contributed by atoms with Gasteiger partial charge in [0.25, 0.3) is 0 Å². The van der Waals surface area contributed by atoms with Crippen LogP contribution in [0.4, 0.5) is 5.13 Å². The van der Waals surface area contributed by atoms with E-state index in [4.69, 9.17) is 0 Å². The van der Waals surface area contributed by atoms with Crippen LogP contribution in [0.3, 0.4) is 0 Å². The summed E-state index contributed by atoms with van der Waals surface area (Å²) in [4.78, 5) is 4.55. The van der Waals surface area contributed by atoms with Crippen molar-refractivity contribution >= 4 is 40.2 Å². The first-order valence-corrected chi connectivity index (χ1v) is 8.31. The summed E-state index contributed by atoms with van der Waals surface area (Å²) in [6, 6.07) is 0. The molecule has 1 aliphatic heterocycles. The Morgan fingerprint density at radius 1 is 1.38 bits per heavy atom. The first-order valence-electron chi connectivity index (χ1n) is 5.55. The molecule has 2 heterocycles. The highest BCUT2D eigenvalue weighted by Gasteiger charge is 2.29. The number of nitrogens with one attached hydrogen (secondary N) is 1. The fourth-order valence-corrected chi connectivity index (χ4v) is 5.11. The molecule has 0 aliphatic carbocycles. The van der Waals surface area contributed by atoms with E-state index in [1.54, 1.807) is 0 Å². The molecule has 90 valence electrons. The van der Waals surface area contributed by atoms with Gasteiger partial charge in [-0.1, -0.05) is 13.8 Å². The van der Waals surface area contributed by atoms with E-state index < -0.39 is 0 Å². The van der Waals surface area contributed by atoms with E-state index in [1.807, 2.05) is 23.5 Å². The van der Waals surface area contributed by atoms with E-state index in [-0.39, 0.29) is 0 Å². The molecule has 0 radical (unpaired) electrons. The van der Waals surface area contributed by atoms with Gasteiger partial charge in [-0.05, 0) is 6.92 Å². The smallest absolute Gasteiger partial charge is 0.202 e. The molecule has 0 saturated carbocycles. The molecular formula is C10H17N3S3. The summed E-state index contributed by atoms with van der Waals surface area (Å²) < 4.78 is 4.45. The third-order valence-corrected chi connectivity index (χ3v) is 6.68. The Hall–Kier alpha value is 0.0600. The van der Waals surface area contributed by atoms with Gasteiger partial charge in [0.1, 0.15) is 0 Å². The van der Waals surface area contributed by atoms with E-state index in [0.29, 0.717) is 10.5 Å². The Balaban J connectivity index is 2.01. The minimum Gasteiger partial charge on any atom is -0.361 e. The maximum Gasteiger partial charge on any atom is 0.202 e. The summed E-state index contributed by atoms with van der Waals surface area (Å²) in [5.74, 6) is 2.15. The number of nitrogens with zero attached hydrogens (tertiary/aromatic N) is 2. The standard InChI is InChI=1S/C10H17N3S3/c1-4-11-10-12-9(13-16-10)8-5-14-6(2)7(3)15-8/h6-8H,4-5H2,1-3H3,(H,11,12,13). The molecule has 1 N–H and O–H groups in total. The molecule has 0 spiro atoms. The van der Waals surface area contributed by atoms with Crippen molar-refractivity contribution in [3.8, 4) is 0 Å². The predicted octanol–water partition coefficient (Wildman–Crippen LogP) is 3.27. The molecule has 2 rings (SSSR count). The monoisotopic (exact) mass is 275 g/mol. The quantitative estimate of drug-likeness (QED) is 0.916. The van der Waals surface area contributed by atoms with Gasteiger partial charge >= 0.3 is 0 Å². The van der Waals surface area contributed by atoms with Gasteiger partial charge in [-0.3, -0.25) is 0 Å². The topological polar surface area (TPSA) is 37.8 Å². The molecule has 1 aliphatic rings. The molecule has 0 amide bonds. The van der Waals surface area contributed by atoms with Crippen LogP contribution in [0.5, 0.6) is 0 Å². The highest BCUT2D eigenvalue weighted by molar-refractivity contribution is 8.07. The molecular weight excluding hydrogens is 258 g/mol. The lowest BCUT2D eigenvalue weighted by Gasteiger charge is -2.29. The van der Waals surface area contributed by atoms with Crippen molar-refractivity contribution in [2.45, 2.75) is 36.5 Å². The highest BCUT2D eigenvalue weighted by Crippen LogP contribution is 2.43. The summed E-state index contributed by atoms with van der Waals surface area (Å²) >= 11 is 5.52. The molecule has 1 aromatic rings. The van der Waals surface area contributed by atoms with Crippen LogP contribution in [0.25, 0.3) is 0 Å². The molecule has 3 atom stereocenters. The molecule has 3 unspecified atom stereocenters. The average Bonchev–Trinajstić information content (AvgIpc) is 2.71. The molecule has 1 fully saturated rings. The minimum absolute atomic E-state index is 0.472. The van der Waals surface area contributed by atoms with Gasteiger partial charge in [0.05, 0.1) is 5.25 Å². The van der Waals surface area contributed by atoms with E-state index in [9.17, 15) is 0 Å². The first-order chi connectivity index (χ1) is 7.70. The zero-order valence-corrected chi connectivity index (χ0v) is 12.2. The van der Waals surface area contributed by atoms with Crippen LogP contribution in [0, 0.1) is 0 Å². The van der Waals surface area contributed by atoms with Crippen molar-refractivity contribution in [3.05, 3.63) is 5.82 Å². The molecule has 3 nitrogen and oxygen atoms in total. The van der Waals surface area contributed by atoms with Crippen LogP contribution >= 0.6 is 35.1 Å². The van der Waals surface area contributed by atoms with E-state index in [0.717, 1.165) is 28.5 Å². The van der Waals surface area contributed by atoms with Gasteiger partial charge in [0.2, 0.25) is 5.13 Å². The van der Waals surface area contributed by atoms with Crippen molar-refractivity contribution in [1.29, 1.82) is 0 Å². The van der Waals surface area contributed by atoms with Gasteiger partial charge in [-0.2, -0.15) is 16.1 Å². The summed E-state index contributed by atoms with van der Waals surface area (Å²) in [6.07, 6.45) is 0. The number of aromatic nitrogens is 2. The van der Waals surface area contributed by atoms with Crippen LogP contribution in [-0.4, -0.2) is 32.2 Å². The maximum absolute atomic E-state index is 4.55. The summed E-state index contributed by atoms with van der Waals surface area (Å²) in [6.45, 7) is 7.59. The summed E-state index contributed by atoms with van der Waals surface area (Å²) in [7, 11) is 0. The molecule has 0 aromatic carbocycles. The summed E-state index contributed by atoms with van der Waals surface area (Å²) in [5.41, 5.74) is 0. The number of thioether (sulfide) groups is 2. The van der Waals surface area contributed by atoms with Crippen LogP contribution in [0.1, 0.15) is 31.8 Å². The largest absolute Gasteiger partial charge is 0.361 e. The van der Waals surface area contributed by atoms with Crippen molar-refractivity contribution in [3.63, 3.8) is 0 Å². The first kappa shape index (κ1) is 12.5. The van der Waals surface area contributed by atoms with Gasteiger partial charge in [0.15, 0.2) is 5.82 Å². The average molecular weight is 275 g/mol. The third kappa shape index (κ3) is 2.84. The number of rotatable bonds is 3. The Morgan fingerprint density at radius 3 is 2.88 bits per heavy atom. The van der Waals surface area contributed by atoms with Crippen LogP contribution in [-0.2, 0) is 0 Å². The Labute approximate surface area is 109 Å². The van der Waals surface area contributed by atoms with E-state index in [2.05, 4.69) is 35.4 Å². The van der Waals surface area contributed by atoms with E-state index in [1.165, 1.54) is 11.5 Å². The molecule has 16 heavy (non-hydrogen) atoms.